The highest BCUT2D eigenvalue weighted by Gasteiger charge is 2.07. The quantitative estimate of drug-likeness (QED) is 0.726. The van der Waals surface area contributed by atoms with Gasteiger partial charge >= 0.3 is 0 Å². The van der Waals surface area contributed by atoms with Crippen molar-refractivity contribution in [2.75, 3.05) is 32.7 Å². The van der Waals surface area contributed by atoms with E-state index in [1.54, 1.807) is 14.2 Å². The van der Waals surface area contributed by atoms with Gasteiger partial charge in [0.15, 0.2) is 0 Å². The van der Waals surface area contributed by atoms with Gasteiger partial charge in [-0.25, -0.2) is 0 Å². The largest absolute Gasteiger partial charge is 0.497 e. The van der Waals surface area contributed by atoms with Crippen LogP contribution >= 0.6 is 0 Å². The lowest BCUT2D eigenvalue weighted by Crippen LogP contribution is -2.25. The van der Waals surface area contributed by atoms with Gasteiger partial charge in [0.25, 0.3) is 0 Å². The molecule has 0 heterocycles. The number of hydrogen-bond acceptors (Lipinski definition) is 4. The number of ether oxygens (including phenoxy) is 2. The molecule has 96 valence electrons. The molecule has 17 heavy (non-hydrogen) atoms. The third-order valence-electron chi connectivity index (χ3n) is 2.59. The lowest BCUT2D eigenvalue weighted by atomic mass is 10.1. The summed E-state index contributed by atoms with van der Waals surface area (Å²) >= 11 is 0. The average Bonchev–Trinajstić information content (AvgIpc) is 2.37. The average molecular weight is 238 g/mol. The molecule has 0 aliphatic heterocycles. The zero-order valence-electron chi connectivity index (χ0n) is 10.6. The molecule has 4 heteroatoms. The molecule has 0 aliphatic rings. The molecule has 4 nitrogen and oxygen atoms in total. The van der Waals surface area contributed by atoms with E-state index in [0.717, 1.165) is 24.3 Å². The fourth-order valence-electron chi connectivity index (χ4n) is 1.69. The van der Waals surface area contributed by atoms with Crippen molar-refractivity contribution in [3.63, 3.8) is 0 Å². The van der Waals surface area contributed by atoms with Gasteiger partial charge in [-0.2, -0.15) is 0 Å². The van der Waals surface area contributed by atoms with Crippen molar-refractivity contribution >= 4 is 5.69 Å². The third kappa shape index (κ3) is 5.06. The Kier molecular flexibility index (Phi) is 6.43. The Balaban J connectivity index is 2.51. The molecule has 0 radical (unpaired) electrons. The van der Waals surface area contributed by atoms with Crippen LogP contribution < -0.4 is 15.8 Å². The lowest BCUT2D eigenvalue weighted by Gasteiger charge is -2.19. The van der Waals surface area contributed by atoms with Crippen molar-refractivity contribution in [3.05, 3.63) is 24.3 Å². The summed E-state index contributed by atoms with van der Waals surface area (Å²) in [5.41, 5.74) is 6.59. The normalized spacial score (nSPS) is 12.2. The van der Waals surface area contributed by atoms with Crippen LogP contribution in [0.25, 0.3) is 0 Å². The first-order valence-electron chi connectivity index (χ1n) is 5.89. The van der Waals surface area contributed by atoms with Crippen molar-refractivity contribution in [1.82, 2.24) is 0 Å². The Labute approximate surface area is 103 Å². The van der Waals surface area contributed by atoms with Gasteiger partial charge in [-0.05, 0) is 43.7 Å². The topological polar surface area (TPSA) is 56.5 Å². The van der Waals surface area contributed by atoms with Crippen molar-refractivity contribution in [1.29, 1.82) is 0 Å². The first-order chi connectivity index (χ1) is 8.30. The Hall–Kier alpha value is -1.26. The minimum atomic E-state index is 0.303. The number of anilines is 1. The highest BCUT2D eigenvalue weighted by atomic mass is 16.5. The Morgan fingerprint density at radius 2 is 1.94 bits per heavy atom. The zero-order valence-corrected chi connectivity index (χ0v) is 10.6. The maximum Gasteiger partial charge on any atom is 0.119 e. The first-order valence-corrected chi connectivity index (χ1v) is 5.89. The molecule has 1 aromatic rings. The summed E-state index contributed by atoms with van der Waals surface area (Å²) in [5, 5.41) is 3.43. The summed E-state index contributed by atoms with van der Waals surface area (Å²) in [6, 6.07) is 8.19. The third-order valence-corrected chi connectivity index (χ3v) is 2.59. The van der Waals surface area contributed by atoms with E-state index in [4.69, 9.17) is 15.2 Å². The first kappa shape index (κ1) is 13.8. The molecule has 0 saturated heterocycles. The van der Waals surface area contributed by atoms with Crippen LogP contribution in [-0.4, -0.2) is 33.4 Å². The molecule has 0 amide bonds. The smallest absolute Gasteiger partial charge is 0.119 e. The van der Waals surface area contributed by atoms with Crippen molar-refractivity contribution in [2.24, 2.45) is 5.73 Å². The van der Waals surface area contributed by atoms with Gasteiger partial charge in [-0.1, -0.05) is 0 Å². The molecule has 0 aromatic heterocycles. The molecule has 0 saturated carbocycles. The Bertz CT molecular complexity index is 301. The molecular weight excluding hydrogens is 216 g/mol. The molecule has 0 spiro atoms. The number of methoxy groups -OCH3 is 2. The molecule has 0 aliphatic carbocycles. The fraction of sp³-hybridized carbons (Fsp3) is 0.538. The second-order valence-electron chi connectivity index (χ2n) is 3.96. The van der Waals surface area contributed by atoms with Gasteiger partial charge in [0.1, 0.15) is 5.75 Å². The van der Waals surface area contributed by atoms with Crippen LogP contribution in [0.4, 0.5) is 5.69 Å². The van der Waals surface area contributed by atoms with Gasteiger partial charge < -0.3 is 20.5 Å². The van der Waals surface area contributed by atoms with E-state index in [2.05, 4.69) is 5.32 Å². The van der Waals surface area contributed by atoms with E-state index < -0.39 is 0 Å². The summed E-state index contributed by atoms with van der Waals surface area (Å²) in [6.45, 7) is 1.40. The van der Waals surface area contributed by atoms with Crippen LogP contribution in [-0.2, 0) is 4.74 Å². The Morgan fingerprint density at radius 1 is 1.24 bits per heavy atom. The van der Waals surface area contributed by atoms with E-state index in [9.17, 15) is 0 Å². The number of rotatable bonds is 8. The molecule has 1 aromatic carbocycles. The molecule has 1 rings (SSSR count). The minimum absolute atomic E-state index is 0.303. The van der Waals surface area contributed by atoms with Crippen LogP contribution in [0.2, 0.25) is 0 Å². The standard InChI is InChI=1S/C13H22N2O2/c1-16-10-12(4-3-9-14)15-11-5-7-13(17-2)8-6-11/h5-8,12,15H,3-4,9-10,14H2,1-2H3. The lowest BCUT2D eigenvalue weighted by molar-refractivity contribution is 0.182. The molecule has 0 bridgehead atoms. The van der Waals surface area contributed by atoms with E-state index in [0.29, 0.717) is 19.2 Å². The minimum Gasteiger partial charge on any atom is -0.497 e. The molecular formula is C13H22N2O2. The van der Waals surface area contributed by atoms with Crippen molar-refractivity contribution in [3.8, 4) is 5.75 Å². The van der Waals surface area contributed by atoms with Crippen molar-refractivity contribution < 1.29 is 9.47 Å². The number of nitrogens with two attached hydrogens (primary N) is 1. The zero-order chi connectivity index (χ0) is 12.5. The van der Waals surface area contributed by atoms with Crippen LogP contribution in [0.15, 0.2) is 24.3 Å². The second kappa shape index (κ2) is 7.92. The molecule has 0 fully saturated rings. The van der Waals surface area contributed by atoms with Gasteiger partial charge in [-0.3, -0.25) is 0 Å². The van der Waals surface area contributed by atoms with Crippen LogP contribution in [0.1, 0.15) is 12.8 Å². The monoisotopic (exact) mass is 238 g/mol. The fourth-order valence-corrected chi connectivity index (χ4v) is 1.69. The summed E-state index contributed by atoms with van der Waals surface area (Å²) < 4.78 is 10.3. The van der Waals surface area contributed by atoms with Gasteiger partial charge in [0.05, 0.1) is 13.7 Å². The van der Waals surface area contributed by atoms with Crippen LogP contribution in [0.5, 0.6) is 5.75 Å². The van der Waals surface area contributed by atoms with E-state index in [1.807, 2.05) is 24.3 Å². The SMILES string of the molecule is COCC(CCCN)Nc1ccc(OC)cc1. The summed E-state index contributed by atoms with van der Waals surface area (Å²) in [4.78, 5) is 0. The maximum atomic E-state index is 5.52. The van der Waals surface area contributed by atoms with Crippen LogP contribution in [0, 0.1) is 0 Å². The Morgan fingerprint density at radius 3 is 2.47 bits per heavy atom. The summed E-state index contributed by atoms with van der Waals surface area (Å²) in [7, 11) is 3.38. The molecule has 1 atom stereocenters. The predicted octanol–water partition coefficient (Wildman–Crippen LogP) is 1.86. The highest BCUT2D eigenvalue weighted by molar-refractivity contribution is 5.47. The van der Waals surface area contributed by atoms with E-state index >= 15 is 0 Å². The van der Waals surface area contributed by atoms with E-state index in [-0.39, 0.29) is 0 Å². The van der Waals surface area contributed by atoms with E-state index in [1.165, 1.54) is 0 Å². The predicted molar refractivity (Wildman–Crippen MR) is 70.6 cm³/mol. The second-order valence-corrected chi connectivity index (χ2v) is 3.96. The summed E-state index contributed by atoms with van der Waals surface area (Å²) in [5.74, 6) is 0.862. The van der Waals surface area contributed by atoms with Gasteiger partial charge in [0.2, 0.25) is 0 Å². The maximum absolute atomic E-state index is 5.52. The number of hydrogen-bond donors (Lipinski definition) is 2. The highest BCUT2D eigenvalue weighted by Crippen LogP contribution is 2.16. The van der Waals surface area contributed by atoms with Crippen molar-refractivity contribution in [2.45, 2.75) is 18.9 Å². The van der Waals surface area contributed by atoms with Gasteiger partial charge in [-0.15, -0.1) is 0 Å². The summed E-state index contributed by atoms with van der Waals surface area (Å²) in [6.07, 6.45) is 2.01. The number of nitrogens with one attached hydrogen (secondary N) is 1. The molecule has 3 N–H and O–H groups in total. The van der Waals surface area contributed by atoms with Gasteiger partial charge in [0, 0.05) is 18.8 Å². The van der Waals surface area contributed by atoms with Crippen LogP contribution in [0.3, 0.4) is 0 Å². The number of benzene rings is 1. The molecule has 1 unspecified atom stereocenters.